The first-order valence-corrected chi connectivity index (χ1v) is 18.4. The molecule has 0 saturated heterocycles. The van der Waals surface area contributed by atoms with Gasteiger partial charge in [0.15, 0.2) is 0 Å². The van der Waals surface area contributed by atoms with E-state index in [1.807, 2.05) is 0 Å². The van der Waals surface area contributed by atoms with Gasteiger partial charge in [-0.1, -0.05) is 170 Å². The first kappa shape index (κ1) is 31.6. The van der Waals surface area contributed by atoms with Crippen LogP contribution in [0.1, 0.15) is 0 Å². The smallest absolute Gasteiger partial charge is 0.143 e. The van der Waals surface area contributed by atoms with Crippen molar-refractivity contribution in [3.63, 3.8) is 0 Å². The monoisotopic (exact) mass is 689 g/mol. The highest BCUT2D eigenvalue weighted by atomic mass is 16.3. The van der Waals surface area contributed by atoms with Crippen LogP contribution >= 0.6 is 0 Å². The van der Waals surface area contributed by atoms with E-state index in [9.17, 15) is 0 Å². The van der Waals surface area contributed by atoms with E-state index in [2.05, 4.69) is 217 Å². The molecule has 10 aromatic rings. The molecule has 0 unspecified atom stereocenters. The summed E-state index contributed by atoms with van der Waals surface area (Å²) >= 11 is 0. The predicted octanol–water partition coefficient (Wildman–Crippen LogP) is 14.9. The van der Waals surface area contributed by atoms with Crippen LogP contribution < -0.4 is 4.90 Å². The predicted molar refractivity (Wildman–Crippen MR) is 228 cm³/mol. The fraction of sp³-hybridized carbons (Fsp3) is 0. The zero-order valence-corrected chi connectivity index (χ0v) is 29.6. The number of nitrogens with zero attached hydrogens (tertiary/aromatic N) is 1. The van der Waals surface area contributed by atoms with Crippen LogP contribution in [-0.2, 0) is 0 Å². The summed E-state index contributed by atoms with van der Waals surface area (Å²) in [6.45, 7) is 0. The van der Waals surface area contributed by atoms with Crippen molar-refractivity contribution in [3.8, 4) is 44.5 Å². The van der Waals surface area contributed by atoms with Gasteiger partial charge >= 0.3 is 0 Å². The third-order valence-electron chi connectivity index (χ3n) is 10.5. The Morgan fingerprint density at radius 1 is 0.315 bits per heavy atom. The lowest BCUT2D eigenvalue weighted by molar-refractivity contribution is 0.672. The summed E-state index contributed by atoms with van der Waals surface area (Å²) in [5.74, 6) is 0. The molecule has 2 nitrogen and oxygen atoms in total. The van der Waals surface area contributed by atoms with E-state index in [1.54, 1.807) is 0 Å². The number of benzene rings is 9. The fourth-order valence-electron chi connectivity index (χ4n) is 7.84. The molecule has 9 aromatic carbocycles. The molecule has 0 amide bonds. The van der Waals surface area contributed by atoms with Crippen molar-refractivity contribution in [2.45, 2.75) is 0 Å². The van der Waals surface area contributed by atoms with Crippen molar-refractivity contribution in [3.05, 3.63) is 212 Å². The number of anilines is 3. The zero-order valence-electron chi connectivity index (χ0n) is 29.6. The van der Waals surface area contributed by atoms with Crippen molar-refractivity contribution in [1.29, 1.82) is 0 Å². The molecular weight excluding hydrogens is 655 g/mol. The molecule has 0 atom stereocenters. The molecule has 54 heavy (non-hydrogen) atoms. The number of rotatable bonds is 7. The zero-order chi connectivity index (χ0) is 35.8. The Labute approximate surface area is 314 Å². The second kappa shape index (κ2) is 13.4. The second-order valence-corrected chi connectivity index (χ2v) is 13.7. The van der Waals surface area contributed by atoms with E-state index in [4.69, 9.17) is 4.42 Å². The third-order valence-corrected chi connectivity index (χ3v) is 10.5. The molecule has 10 rings (SSSR count). The van der Waals surface area contributed by atoms with Crippen molar-refractivity contribution in [2.24, 2.45) is 0 Å². The minimum Gasteiger partial charge on any atom is -0.455 e. The Morgan fingerprint density at radius 3 is 1.46 bits per heavy atom. The standard InChI is InChI=1S/C52H35NO/c1-4-14-36(15-5-1)38-26-28-40(29-27-38)42-20-12-21-44(34-42)53(43-32-30-39(31-33-43)37-16-6-2-7-17-37)49-24-13-25-50-51(49)48-35-47(41-18-8-3-9-19-41)45-22-10-11-23-46(45)52(48)54-50/h1-35H. The molecule has 0 N–H and O–H groups in total. The number of fused-ring (bicyclic) bond motifs is 5. The maximum Gasteiger partial charge on any atom is 0.143 e. The van der Waals surface area contributed by atoms with Crippen molar-refractivity contribution in [2.75, 3.05) is 4.90 Å². The van der Waals surface area contributed by atoms with Crippen LogP contribution in [0.5, 0.6) is 0 Å². The summed E-state index contributed by atoms with van der Waals surface area (Å²) in [7, 11) is 0. The van der Waals surface area contributed by atoms with Gasteiger partial charge in [-0.15, -0.1) is 0 Å². The summed E-state index contributed by atoms with van der Waals surface area (Å²) in [6, 6.07) is 75.7. The van der Waals surface area contributed by atoms with Gasteiger partial charge in [-0.05, 0) is 92.4 Å². The van der Waals surface area contributed by atoms with Gasteiger partial charge in [0.1, 0.15) is 11.2 Å². The molecule has 1 heterocycles. The number of hydrogen-bond acceptors (Lipinski definition) is 2. The van der Waals surface area contributed by atoms with Crippen LogP contribution in [0.3, 0.4) is 0 Å². The fourth-order valence-corrected chi connectivity index (χ4v) is 7.84. The minimum atomic E-state index is 0.858. The van der Waals surface area contributed by atoms with Gasteiger partial charge in [-0.3, -0.25) is 0 Å². The van der Waals surface area contributed by atoms with Crippen LogP contribution in [0.2, 0.25) is 0 Å². The molecule has 0 aliphatic heterocycles. The average molecular weight is 690 g/mol. The normalized spacial score (nSPS) is 11.3. The van der Waals surface area contributed by atoms with Gasteiger partial charge in [0.2, 0.25) is 0 Å². The molecule has 2 heteroatoms. The molecule has 0 spiro atoms. The quantitative estimate of drug-likeness (QED) is 0.166. The lowest BCUT2D eigenvalue weighted by atomic mass is 9.95. The van der Waals surface area contributed by atoms with Crippen LogP contribution in [0, 0.1) is 0 Å². The highest BCUT2D eigenvalue weighted by molar-refractivity contribution is 6.22. The van der Waals surface area contributed by atoms with Crippen LogP contribution in [-0.4, -0.2) is 0 Å². The van der Waals surface area contributed by atoms with E-state index in [1.165, 1.54) is 44.3 Å². The number of furan rings is 1. The first-order chi connectivity index (χ1) is 26.8. The average Bonchev–Trinajstić information content (AvgIpc) is 3.65. The Bertz CT molecular complexity index is 2890. The van der Waals surface area contributed by atoms with E-state index >= 15 is 0 Å². The molecular formula is C52H35NO. The maximum absolute atomic E-state index is 6.81. The molecule has 254 valence electrons. The largest absolute Gasteiger partial charge is 0.455 e. The van der Waals surface area contributed by atoms with Gasteiger partial charge in [-0.2, -0.15) is 0 Å². The van der Waals surface area contributed by atoms with Crippen LogP contribution in [0.25, 0.3) is 77.2 Å². The van der Waals surface area contributed by atoms with E-state index < -0.39 is 0 Å². The van der Waals surface area contributed by atoms with Gasteiger partial charge in [-0.25, -0.2) is 0 Å². The Morgan fingerprint density at radius 2 is 0.815 bits per heavy atom. The highest BCUT2D eigenvalue weighted by Crippen LogP contribution is 2.47. The second-order valence-electron chi connectivity index (χ2n) is 13.7. The lowest BCUT2D eigenvalue weighted by Gasteiger charge is -2.27. The summed E-state index contributed by atoms with van der Waals surface area (Å²) in [6.07, 6.45) is 0. The minimum absolute atomic E-state index is 0.858. The molecule has 0 saturated carbocycles. The molecule has 0 fully saturated rings. The molecule has 0 radical (unpaired) electrons. The summed E-state index contributed by atoms with van der Waals surface area (Å²) < 4.78 is 6.81. The molecule has 1 aromatic heterocycles. The molecule has 0 bridgehead atoms. The topological polar surface area (TPSA) is 16.4 Å². The maximum atomic E-state index is 6.81. The summed E-state index contributed by atoms with van der Waals surface area (Å²) in [5.41, 5.74) is 14.4. The van der Waals surface area contributed by atoms with Gasteiger partial charge in [0, 0.05) is 22.1 Å². The highest BCUT2D eigenvalue weighted by Gasteiger charge is 2.22. The molecule has 0 aliphatic rings. The van der Waals surface area contributed by atoms with Gasteiger partial charge in [0.25, 0.3) is 0 Å². The lowest BCUT2D eigenvalue weighted by Crippen LogP contribution is -2.10. The Balaban J connectivity index is 1.18. The SMILES string of the molecule is c1ccc(-c2ccc(-c3cccc(N(c4ccc(-c5ccccc5)cc4)c4cccc5oc6c7ccccc7c(-c7ccccc7)cc6c45)c3)cc2)cc1. The van der Waals surface area contributed by atoms with E-state index in [0.29, 0.717) is 0 Å². The van der Waals surface area contributed by atoms with E-state index in [-0.39, 0.29) is 0 Å². The summed E-state index contributed by atoms with van der Waals surface area (Å²) in [5, 5.41) is 4.46. The van der Waals surface area contributed by atoms with Gasteiger partial charge in [0.05, 0.1) is 11.1 Å². The van der Waals surface area contributed by atoms with Crippen molar-refractivity contribution < 1.29 is 4.42 Å². The molecule has 0 aliphatic carbocycles. The van der Waals surface area contributed by atoms with Crippen LogP contribution in [0.4, 0.5) is 17.1 Å². The Kier molecular flexibility index (Phi) is 7.85. The van der Waals surface area contributed by atoms with E-state index in [0.717, 1.165) is 50.0 Å². The Hall–Kier alpha value is -7.16. The number of hydrogen-bond donors (Lipinski definition) is 0. The van der Waals surface area contributed by atoms with Gasteiger partial charge < -0.3 is 9.32 Å². The van der Waals surface area contributed by atoms with Crippen LogP contribution in [0.15, 0.2) is 217 Å². The summed E-state index contributed by atoms with van der Waals surface area (Å²) in [4.78, 5) is 2.38. The third kappa shape index (κ3) is 5.62. The van der Waals surface area contributed by atoms with Crippen molar-refractivity contribution in [1.82, 2.24) is 0 Å². The first-order valence-electron chi connectivity index (χ1n) is 18.4. The van der Waals surface area contributed by atoms with Crippen molar-refractivity contribution >= 4 is 49.8 Å².